The molecule has 0 bridgehead atoms. The first-order valence-corrected chi connectivity index (χ1v) is 10.7. The molecule has 0 radical (unpaired) electrons. The van der Waals surface area contributed by atoms with E-state index in [2.05, 4.69) is 55.7 Å². The van der Waals surface area contributed by atoms with Crippen molar-refractivity contribution in [3.8, 4) is 0 Å². The molecule has 1 saturated carbocycles. The van der Waals surface area contributed by atoms with E-state index in [9.17, 15) is 0 Å². The number of furan rings is 1. The van der Waals surface area contributed by atoms with Gasteiger partial charge in [0, 0.05) is 32.2 Å². The monoisotopic (exact) mass is 392 g/mol. The Morgan fingerprint density at radius 2 is 1.76 bits per heavy atom. The molecule has 1 saturated heterocycles. The number of piperazine rings is 1. The van der Waals surface area contributed by atoms with E-state index >= 15 is 0 Å². The van der Waals surface area contributed by atoms with Gasteiger partial charge in [0.05, 0.1) is 12.3 Å². The SMILES string of the molecule is c1ccc([C@@H](c2nnnn2Cc2ccco2)N2CCN(C3CCCC3)CC2)cc1. The van der Waals surface area contributed by atoms with E-state index in [1.54, 1.807) is 6.26 Å². The van der Waals surface area contributed by atoms with E-state index in [0.29, 0.717) is 6.54 Å². The Labute approximate surface area is 171 Å². The summed E-state index contributed by atoms with van der Waals surface area (Å²) >= 11 is 0. The summed E-state index contributed by atoms with van der Waals surface area (Å²) < 4.78 is 7.40. The fourth-order valence-electron chi connectivity index (χ4n) is 4.86. The van der Waals surface area contributed by atoms with E-state index in [0.717, 1.165) is 43.8 Å². The van der Waals surface area contributed by atoms with Crippen molar-refractivity contribution in [2.75, 3.05) is 26.2 Å². The number of hydrogen-bond donors (Lipinski definition) is 0. The number of benzene rings is 1. The Hall–Kier alpha value is -2.51. The van der Waals surface area contributed by atoms with Gasteiger partial charge in [-0.2, -0.15) is 0 Å². The van der Waals surface area contributed by atoms with Crippen LogP contribution in [0.15, 0.2) is 53.1 Å². The summed E-state index contributed by atoms with van der Waals surface area (Å²) in [6, 6.07) is 15.3. The van der Waals surface area contributed by atoms with Crippen LogP contribution in [0.4, 0.5) is 0 Å². The Balaban J connectivity index is 1.39. The van der Waals surface area contributed by atoms with E-state index in [1.807, 2.05) is 16.8 Å². The van der Waals surface area contributed by atoms with Gasteiger partial charge in [-0.3, -0.25) is 9.80 Å². The molecular weight excluding hydrogens is 364 g/mol. The highest BCUT2D eigenvalue weighted by molar-refractivity contribution is 5.25. The van der Waals surface area contributed by atoms with Crippen molar-refractivity contribution in [1.29, 1.82) is 0 Å². The van der Waals surface area contributed by atoms with Gasteiger partial charge in [-0.05, 0) is 41.0 Å². The molecule has 0 spiro atoms. The molecule has 2 fully saturated rings. The number of rotatable bonds is 6. The third kappa shape index (κ3) is 3.97. The predicted molar refractivity (Wildman–Crippen MR) is 109 cm³/mol. The minimum absolute atomic E-state index is 0.0480. The van der Waals surface area contributed by atoms with Gasteiger partial charge in [-0.25, -0.2) is 4.68 Å². The lowest BCUT2D eigenvalue weighted by Gasteiger charge is -2.41. The molecule has 5 rings (SSSR count). The molecule has 0 unspecified atom stereocenters. The van der Waals surface area contributed by atoms with Crippen LogP contribution in [0.3, 0.4) is 0 Å². The van der Waals surface area contributed by atoms with Gasteiger partial charge in [-0.1, -0.05) is 43.2 Å². The third-order valence-corrected chi connectivity index (χ3v) is 6.36. The topological polar surface area (TPSA) is 63.2 Å². The number of hydrogen-bond acceptors (Lipinski definition) is 6. The fourth-order valence-corrected chi connectivity index (χ4v) is 4.86. The number of nitrogens with zero attached hydrogens (tertiary/aromatic N) is 6. The van der Waals surface area contributed by atoms with Crippen LogP contribution >= 0.6 is 0 Å². The second-order valence-corrected chi connectivity index (χ2v) is 8.10. The number of tetrazole rings is 1. The first-order valence-electron chi connectivity index (χ1n) is 10.7. The van der Waals surface area contributed by atoms with Gasteiger partial charge in [0.25, 0.3) is 0 Å². The molecule has 7 nitrogen and oxygen atoms in total. The van der Waals surface area contributed by atoms with Crippen LogP contribution in [-0.2, 0) is 6.54 Å². The van der Waals surface area contributed by atoms with Crippen molar-refractivity contribution in [1.82, 2.24) is 30.0 Å². The zero-order chi connectivity index (χ0) is 19.5. The average Bonchev–Trinajstić information content (AvgIpc) is 3.54. The van der Waals surface area contributed by atoms with Crippen molar-refractivity contribution < 1.29 is 4.42 Å². The summed E-state index contributed by atoms with van der Waals surface area (Å²) in [4.78, 5) is 5.22. The van der Waals surface area contributed by atoms with Crippen LogP contribution in [0.1, 0.15) is 48.9 Å². The maximum atomic E-state index is 5.53. The van der Waals surface area contributed by atoms with Gasteiger partial charge in [0.1, 0.15) is 12.3 Å². The lowest BCUT2D eigenvalue weighted by Crippen LogP contribution is -2.51. The quantitative estimate of drug-likeness (QED) is 0.643. The molecular formula is C22H28N6O. The molecule has 7 heteroatoms. The minimum atomic E-state index is 0.0480. The third-order valence-electron chi connectivity index (χ3n) is 6.36. The molecule has 29 heavy (non-hydrogen) atoms. The van der Waals surface area contributed by atoms with Crippen LogP contribution in [0.5, 0.6) is 0 Å². The molecule has 152 valence electrons. The highest BCUT2D eigenvalue weighted by Crippen LogP contribution is 2.30. The predicted octanol–water partition coefficient (Wildman–Crippen LogP) is 2.96. The van der Waals surface area contributed by atoms with Crippen molar-refractivity contribution >= 4 is 0 Å². The first kappa shape index (κ1) is 18.5. The molecule has 1 aliphatic heterocycles. The van der Waals surface area contributed by atoms with Gasteiger partial charge in [-0.15, -0.1) is 5.10 Å². The second-order valence-electron chi connectivity index (χ2n) is 8.10. The van der Waals surface area contributed by atoms with E-state index in [4.69, 9.17) is 4.42 Å². The van der Waals surface area contributed by atoms with E-state index < -0.39 is 0 Å². The zero-order valence-corrected chi connectivity index (χ0v) is 16.7. The van der Waals surface area contributed by atoms with Gasteiger partial charge in [0.2, 0.25) is 0 Å². The summed E-state index contributed by atoms with van der Waals surface area (Å²) in [6.45, 7) is 4.84. The van der Waals surface area contributed by atoms with E-state index in [1.165, 1.54) is 31.2 Å². The Bertz CT molecular complexity index is 879. The fraction of sp³-hybridized carbons (Fsp3) is 0.500. The molecule has 2 aliphatic rings. The maximum absolute atomic E-state index is 5.53. The molecule has 3 aromatic rings. The lowest BCUT2D eigenvalue weighted by molar-refractivity contribution is 0.0770. The van der Waals surface area contributed by atoms with Crippen LogP contribution in [0.25, 0.3) is 0 Å². The van der Waals surface area contributed by atoms with Gasteiger partial charge >= 0.3 is 0 Å². The molecule has 2 aromatic heterocycles. The lowest BCUT2D eigenvalue weighted by atomic mass is 10.0. The molecule has 1 aliphatic carbocycles. The molecule has 0 amide bonds. The maximum Gasteiger partial charge on any atom is 0.173 e. The van der Waals surface area contributed by atoms with Crippen LogP contribution in [-0.4, -0.2) is 62.2 Å². The standard InChI is InChI=1S/C22H28N6O/c1-2-7-18(8-3-1)21(22-23-24-25-28(22)17-20-11-6-16-29-20)27-14-12-26(13-15-27)19-9-4-5-10-19/h1-3,6-8,11,16,19,21H,4-5,9-10,12-15,17H2/t21-/m0/s1. The largest absolute Gasteiger partial charge is 0.467 e. The Kier molecular flexibility index (Phi) is 5.41. The summed E-state index contributed by atoms with van der Waals surface area (Å²) in [5.41, 5.74) is 1.23. The van der Waals surface area contributed by atoms with Gasteiger partial charge < -0.3 is 4.42 Å². The average molecular weight is 393 g/mol. The van der Waals surface area contributed by atoms with Crippen LogP contribution in [0.2, 0.25) is 0 Å². The second kappa shape index (κ2) is 8.47. The van der Waals surface area contributed by atoms with Crippen molar-refractivity contribution in [2.24, 2.45) is 0 Å². The zero-order valence-electron chi connectivity index (χ0n) is 16.7. The molecule has 3 heterocycles. The minimum Gasteiger partial charge on any atom is -0.467 e. The summed E-state index contributed by atoms with van der Waals surface area (Å²) in [7, 11) is 0. The first-order chi connectivity index (χ1) is 14.4. The highest BCUT2D eigenvalue weighted by atomic mass is 16.3. The summed E-state index contributed by atoms with van der Waals surface area (Å²) in [6.07, 6.45) is 7.20. The molecule has 1 atom stereocenters. The summed E-state index contributed by atoms with van der Waals surface area (Å²) in [5, 5.41) is 12.7. The summed E-state index contributed by atoms with van der Waals surface area (Å²) in [5.74, 6) is 1.73. The Morgan fingerprint density at radius 1 is 0.966 bits per heavy atom. The highest BCUT2D eigenvalue weighted by Gasteiger charge is 2.33. The van der Waals surface area contributed by atoms with Crippen molar-refractivity contribution in [2.45, 2.75) is 44.3 Å². The Morgan fingerprint density at radius 3 is 2.48 bits per heavy atom. The van der Waals surface area contributed by atoms with Crippen molar-refractivity contribution in [3.05, 3.63) is 65.9 Å². The molecule has 1 aromatic carbocycles. The van der Waals surface area contributed by atoms with Crippen LogP contribution in [0, 0.1) is 0 Å². The number of aromatic nitrogens is 4. The normalized spacial score (nSPS) is 20.3. The van der Waals surface area contributed by atoms with Crippen LogP contribution < -0.4 is 0 Å². The smallest absolute Gasteiger partial charge is 0.173 e. The van der Waals surface area contributed by atoms with E-state index in [-0.39, 0.29) is 6.04 Å². The van der Waals surface area contributed by atoms with Gasteiger partial charge in [0.15, 0.2) is 5.82 Å². The van der Waals surface area contributed by atoms with Crippen molar-refractivity contribution in [3.63, 3.8) is 0 Å². The molecule has 0 N–H and O–H groups in total.